The number of carbonyl (C=O) groups is 2. The van der Waals surface area contributed by atoms with Gasteiger partial charge in [-0.05, 0) is 56.0 Å². The Balaban J connectivity index is 1.56. The van der Waals surface area contributed by atoms with E-state index < -0.39 is 23.2 Å². The average Bonchev–Trinajstić information content (AvgIpc) is 2.79. The van der Waals surface area contributed by atoms with Crippen LogP contribution in [0.5, 0.6) is 0 Å². The monoisotopic (exact) mass is 475 g/mol. The van der Waals surface area contributed by atoms with Crippen LogP contribution in [0.2, 0.25) is 0 Å². The summed E-state index contributed by atoms with van der Waals surface area (Å²) in [5.41, 5.74) is 2.19. The van der Waals surface area contributed by atoms with Gasteiger partial charge in [0.05, 0.1) is 17.6 Å². The van der Waals surface area contributed by atoms with Gasteiger partial charge in [0, 0.05) is 18.7 Å². The van der Waals surface area contributed by atoms with Crippen molar-refractivity contribution >= 4 is 11.8 Å². The third kappa shape index (κ3) is 7.06. The summed E-state index contributed by atoms with van der Waals surface area (Å²) in [6, 6.07) is 10.5. The third-order valence-electron chi connectivity index (χ3n) is 6.35. The second kappa shape index (κ2) is 11.0. The minimum Gasteiger partial charge on any atom is -0.348 e. The summed E-state index contributed by atoms with van der Waals surface area (Å²) in [5, 5.41) is 9.01. The Kier molecular flexibility index (Phi) is 8.36. The zero-order valence-corrected chi connectivity index (χ0v) is 19.6. The number of amides is 2. The van der Waals surface area contributed by atoms with Crippen molar-refractivity contribution in [1.82, 2.24) is 16.0 Å². The van der Waals surface area contributed by atoms with Gasteiger partial charge in [-0.3, -0.25) is 9.59 Å². The summed E-state index contributed by atoms with van der Waals surface area (Å²) in [4.78, 5) is 25.0. The summed E-state index contributed by atoms with van der Waals surface area (Å²) < 4.78 is 38.7. The molecule has 0 heterocycles. The molecule has 2 aromatic rings. The maximum Gasteiger partial charge on any atom is 0.416 e. The fourth-order valence-corrected chi connectivity index (χ4v) is 4.49. The molecule has 3 rings (SSSR count). The smallest absolute Gasteiger partial charge is 0.348 e. The number of rotatable bonds is 8. The van der Waals surface area contributed by atoms with Crippen LogP contribution in [0, 0.1) is 13.8 Å². The van der Waals surface area contributed by atoms with E-state index in [0.29, 0.717) is 13.1 Å². The van der Waals surface area contributed by atoms with Crippen molar-refractivity contribution in [2.45, 2.75) is 64.2 Å². The highest BCUT2D eigenvalue weighted by atomic mass is 19.4. The van der Waals surface area contributed by atoms with E-state index in [0.717, 1.165) is 44.2 Å². The summed E-state index contributed by atoms with van der Waals surface area (Å²) in [6.45, 7) is 5.13. The van der Waals surface area contributed by atoms with Gasteiger partial charge in [0.25, 0.3) is 5.91 Å². The molecule has 0 aromatic heterocycles. The van der Waals surface area contributed by atoms with Gasteiger partial charge in [0.15, 0.2) is 0 Å². The number of hydrogen-bond donors (Lipinski definition) is 3. The largest absolute Gasteiger partial charge is 0.416 e. The molecule has 1 saturated carbocycles. The van der Waals surface area contributed by atoms with Crippen molar-refractivity contribution in [3.8, 4) is 0 Å². The predicted octanol–water partition coefficient (Wildman–Crippen LogP) is 4.66. The normalized spacial score (nSPS) is 15.6. The Hall–Kier alpha value is -2.87. The van der Waals surface area contributed by atoms with E-state index in [2.05, 4.69) is 48.0 Å². The van der Waals surface area contributed by atoms with Gasteiger partial charge in [0.2, 0.25) is 5.91 Å². The zero-order chi connectivity index (χ0) is 24.8. The lowest BCUT2D eigenvalue weighted by molar-refractivity contribution is -0.137. The van der Waals surface area contributed by atoms with Crippen LogP contribution in [0.4, 0.5) is 13.2 Å². The SMILES string of the molecule is Cc1ccc(CNCC2(NC(=O)CNC(=O)c3cccc(C(F)(F)F)c3)CCCCC2)c(C)c1. The molecule has 0 atom stereocenters. The van der Waals surface area contributed by atoms with Gasteiger partial charge < -0.3 is 16.0 Å². The molecule has 0 radical (unpaired) electrons. The van der Waals surface area contributed by atoms with Gasteiger partial charge in [-0.25, -0.2) is 0 Å². The van der Waals surface area contributed by atoms with Crippen LogP contribution < -0.4 is 16.0 Å². The fraction of sp³-hybridized carbons (Fsp3) is 0.462. The van der Waals surface area contributed by atoms with E-state index in [9.17, 15) is 22.8 Å². The van der Waals surface area contributed by atoms with Gasteiger partial charge in [0.1, 0.15) is 0 Å². The number of nitrogens with one attached hydrogen (secondary N) is 3. The van der Waals surface area contributed by atoms with E-state index in [4.69, 9.17) is 0 Å². The van der Waals surface area contributed by atoms with Gasteiger partial charge in [-0.15, -0.1) is 0 Å². The Labute approximate surface area is 198 Å². The fourth-order valence-electron chi connectivity index (χ4n) is 4.49. The van der Waals surface area contributed by atoms with Crippen molar-refractivity contribution in [3.63, 3.8) is 0 Å². The Morgan fingerprint density at radius 2 is 1.74 bits per heavy atom. The lowest BCUT2D eigenvalue weighted by Gasteiger charge is -2.38. The molecule has 1 aliphatic rings. The van der Waals surface area contributed by atoms with E-state index >= 15 is 0 Å². The van der Waals surface area contributed by atoms with Crippen molar-refractivity contribution in [1.29, 1.82) is 0 Å². The Morgan fingerprint density at radius 1 is 1.00 bits per heavy atom. The van der Waals surface area contributed by atoms with Crippen LogP contribution in [0.15, 0.2) is 42.5 Å². The number of carbonyl (C=O) groups excluding carboxylic acids is 2. The van der Waals surface area contributed by atoms with Crippen LogP contribution in [-0.4, -0.2) is 30.4 Å². The molecule has 8 heteroatoms. The second-order valence-electron chi connectivity index (χ2n) is 9.18. The quantitative estimate of drug-likeness (QED) is 0.520. The topological polar surface area (TPSA) is 70.2 Å². The number of hydrogen-bond acceptors (Lipinski definition) is 3. The molecule has 3 N–H and O–H groups in total. The molecule has 5 nitrogen and oxygen atoms in total. The molecule has 1 aliphatic carbocycles. The first kappa shape index (κ1) is 25.7. The summed E-state index contributed by atoms with van der Waals surface area (Å²) in [6.07, 6.45) is 0.247. The third-order valence-corrected chi connectivity index (χ3v) is 6.35. The van der Waals surface area contributed by atoms with Crippen molar-refractivity contribution in [2.24, 2.45) is 0 Å². The first-order valence-electron chi connectivity index (χ1n) is 11.6. The van der Waals surface area contributed by atoms with E-state index in [1.54, 1.807) is 0 Å². The zero-order valence-electron chi connectivity index (χ0n) is 19.6. The average molecular weight is 476 g/mol. The first-order chi connectivity index (χ1) is 16.1. The standard InChI is InChI=1S/C26H32F3N3O2/c1-18-9-10-21(19(2)13-18)15-30-17-25(11-4-3-5-12-25)32-23(33)16-31-24(34)20-7-6-8-22(14-20)26(27,28)29/h6-10,13-14,30H,3-5,11-12,15-17H2,1-2H3,(H,31,34)(H,32,33). The second-order valence-corrected chi connectivity index (χ2v) is 9.18. The van der Waals surface area contributed by atoms with Gasteiger partial charge in [-0.2, -0.15) is 13.2 Å². The van der Waals surface area contributed by atoms with Crippen LogP contribution >= 0.6 is 0 Å². The van der Waals surface area contributed by atoms with Gasteiger partial charge in [-0.1, -0.05) is 49.1 Å². The molecule has 1 fully saturated rings. The molecular formula is C26H32F3N3O2. The molecular weight excluding hydrogens is 443 g/mol. The van der Waals surface area contributed by atoms with Gasteiger partial charge >= 0.3 is 6.18 Å². The van der Waals surface area contributed by atoms with E-state index in [1.807, 2.05) is 0 Å². The first-order valence-corrected chi connectivity index (χ1v) is 11.6. The van der Waals surface area contributed by atoms with Crippen LogP contribution in [0.25, 0.3) is 0 Å². The molecule has 2 amide bonds. The van der Waals surface area contributed by atoms with Crippen LogP contribution in [0.1, 0.15) is 64.7 Å². The van der Waals surface area contributed by atoms with E-state index in [-0.39, 0.29) is 18.0 Å². The molecule has 0 spiro atoms. The molecule has 2 aromatic carbocycles. The summed E-state index contributed by atoms with van der Waals surface area (Å²) in [5.74, 6) is -1.07. The van der Waals surface area contributed by atoms with Crippen LogP contribution in [-0.2, 0) is 17.5 Å². The molecule has 0 aliphatic heterocycles. The van der Waals surface area contributed by atoms with Crippen molar-refractivity contribution < 1.29 is 22.8 Å². The lowest BCUT2D eigenvalue weighted by Crippen LogP contribution is -2.57. The number of alkyl halides is 3. The van der Waals surface area contributed by atoms with E-state index in [1.165, 1.54) is 28.8 Å². The minimum atomic E-state index is -4.54. The predicted molar refractivity (Wildman–Crippen MR) is 125 cm³/mol. The maximum atomic E-state index is 12.9. The van der Waals surface area contributed by atoms with Crippen molar-refractivity contribution in [3.05, 3.63) is 70.3 Å². The van der Waals surface area contributed by atoms with Crippen LogP contribution in [0.3, 0.4) is 0 Å². The Bertz CT molecular complexity index is 1010. The Morgan fingerprint density at radius 3 is 2.41 bits per heavy atom. The number of aryl methyl sites for hydroxylation is 2. The molecule has 0 unspecified atom stereocenters. The molecule has 34 heavy (non-hydrogen) atoms. The maximum absolute atomic E-state index is 12.9. The highest BCUT2D eigenvalue weighted by Gasteiger charge is 2.33. The molecule has 184 valence electrons. The number of halogens is 3. The summed E-state index contributed by atoms with van der Waals surface area (Å²) in [7, 11) is 0. The highest BCUT2D eigenvalue weighted by Crippen LogP contribution is 2.30. The highest BCUT2D eigenvalue weighted by molar-refractivity contribution is 5.96. The van der Waals surface area contributed by atoms with Crippen molar-refractivity contribution in [2.75, 3.05) is 13.1 Å². The minimum absolute atomic E-state index is 0.134. The molecule has 0 bridgehead atoms. The lowest BCUT2D eigenvalue weighted by atomic mass is 9.81. The number of benzene rings is 2. The summed E-state index contributed by atoms with van der Waals surface area (Å²) >= 11 is 0. The molecule has 0 saturated heterocycles.